The number of carbonyl (C=O) groups is 1. The minimum Gasteiger partial charge on any atom is -0.480 e. The molecule has 1 amide bonds. The Morgan fingerprint density at radius 2 is 2.30 bits per heavy atom. The van der Waals surface area contributed by atoms with Gasteiger partial charge in [0.2, 0.25) is 5.88 Å². The summed E-state index contributed by atoms with van der Waals surface area (Å²) in [7, 11) is 1.51. The third-order valence-electron chi connectivity index (χ3n) is 3.44. The van der Waals surface area contributed by atoms with Crippen LogP contribution >= 0.6 is 0 Å². The van der Waals surface area contributed by atoms with E-state index in [4.69, 9.17) is 9.47 Å². The summed E-state index contributed by atoms with van der Waals surface area (Å²) in [6.07, 6.45) is 1.60. The van der Waals surface area contributed by atoms with Gasteiger partial charge in [-0.25, -0.2) is 4.98 Å². The quantitative estimate of drug-likeness (QED) is 0.852. The summed E-state index contributed by atoms with van der Waals surface area (Å²) in [5, 5.41) is 2.93. The predicted molar refractivity (Wildman–Crippen MR) is 75.0 cm³/mol. The van der Waals surface area contributed by atoms with Crippen molar-refractivity contribution in [3.63, 3.8) is 0 Å². The number of pyridine rings is 1. The average Bonchev–Trinajstić information content (AvgIpc) is 2.53. The van der Waals surface area contributed by atoms with E-state index < -0.39 is 0 Å². The van der Waals surface area contributed by atoms with Gasteiger partial charge in [-0.1, -0.05) is 0 Å². The van der Waals surface area contributed by atoms with Gasteiger partial charge in [-0.05, 0) is 19.1 Å². The molecule has 110 valence electrons. The van der Waals surface area contributed by atoms with Gasteiger partial charge in [0.1, 0.15) is 5.56 Å². The van der Waals surface area contributed by atoms with Crippen LogP contribution in [-0.4, -0.2) is 61.8 Å². The van der Waals surface area contributed by atoms with Gasteiger partial charge >= 0.3 is 0 Å². The van der Waals surface area contributed by atoms with Crippen LogP contribution in [0.3, 0.4) is 0 Å². The molecule has 1 aliphatic rings. The number of nitrogens with zero attached hydrogens (tertiary/aromatic N) is 2. The first kappa shape index (κ1) is 14.7. The minimum absolute atomic E-state index is 0.157. The molecule has 1 aliphatic heterocycles. The van der Waals surface area contributed by atoms with Gasteiger partial charge in [-0.15, -0.1) is 0 Å². The first-order valence-corrected chi connectivity index (χ1v) is 6.81. The molecule has 2 heterocycles. The summed E-state index contributed by atoms with van der Waals surface area (Å²) >= 11 is 0. The summed E-state index contributed by atoms with van der Waals surface area (Å²) in [6.45, 7) is 6.03. The van der Waals surface area contributed by atoms with Crippen molar-refractivity contribution >= 4 is 5.91 Å². The van der Waals surface area contributed by atoms with E-state index in [-0.39, 0.29) is 11.9 Å². The van der Waals surface area contributed by atoms with Gasteiger partial charge in [0.05, 0.1) is 20.3 Å². The number of amides is 1. The largest absolute Gasteiger partial charge is 0.480 e. The van der Waals surface area contributed by atoms with E-state index in [1.54, 1.807) is 18.3 Å². The van der Waals surface area contributed by atoms with Crippen molar-refractivity contribution < 1.29 is 14.3 Å². The van der Waals surface area contributed by atoms with Crippen molar-refractivity contribution in [3.8, 4) is 5.88 Å². The molecule has 6 nitrogen and oxygen atoms in total. The van der Waals surface area contributed by atoms with E-state index in [1.807, 2.05) is 0 Å². The lowest BCUT2D eigenvalue weighted by Crippen LogP contribution is -2.47. The number of hydrogen-bond donors (Lipinski definition) is 1. The Kier molecular flexibility index (Phi) is 5.31. The highest BCUT2D eigenvalue weighted by Crippen LogP contribution is 2.13. The van der Waals surface area contributed by atoms with E-state index in [0.29, 0.717) is 18.0 Å². The monoisotopic (exact) mass is 279 g/mol. The molecule has 1 aromatic rings. The zero-order chi connectivity index (χ0) is 14.4. The van der Waals surface area contributed by atoms with Gasteiger partial charge in [-0.3, -0.25) is 9.69 Å². The highest BCUT2D eigenvalue weighted by Gasteiger charge is 2.19. The van der Waals surface area contributed by atoms with Crippen molar-refractivity contribution in [2.45, 2.75) is 13.0 Å². The molecular formula is C14H21N3O3. The molecule has 0 saturated carbocycles. The fourth-order valence-corrected chi connectivity index (χ4v) is 2.21. The van der Waals surface area contributed by atoms with E-state index in [9.17, 15) is 4.79 Å². The maximum Gasteiger partial charge on any atom is 0.256 e. The first-order chi connectivity index (χ1) is 9.72. The number of carbonyl (C=O) groups excluding carboxylic acids is 1. The Bertz CT molecular complexity index is 447. The molecule has 0 aliphatic carbocycles. The van der Waals surface area contributed by atoms with E-state index in [0.717, 1.165) is 26.3 Å². The molecule has 20 heavy (non-hydrogen) atoms. The molecule has 0 aromatic carbocycles. The molecule has 1 fully saturated rings. The van der Waals surface area contributed by atoms with Gasteiger partial charge in [0.25, 0.3) is 5.91 Å². The van der Waals surface area contributed by atoms with Crippen LogP contribution in [0.1, 0.15) is 17.3 Å². The van der Waals surface area contributed by atoms with Crippen LogP contribution in [0, 0.1) is 0 Å². The van der Waals surface area contributed by atoms with Crippen molar-refractivity contribution in [1.82, 2.24) is 15.2 Å². The molecular weight excluding hydrogens is 258 g/mol. The second kappa shape index (κ2) is 7.21. The van der Waals surface area contributed by atoms with Crippen LogP contribution in [0.25, 0.3) is 0 Å². The fraction of sp³-hybridized carbons (Fsp3) is 0.571. The number of rotatable bonds is 5. The van der Waals surface area contributed by atoms with Crippen molar-refractivity contribution in [2.75, 3.05) is 40.0 Å². The molecule has 6 heteroatoms. The number of methoxy groups -OCH3 is 1. The van der Waals surface area contributed by atoms with Crippen LogP contribution in [0.2, 0.25) is 0 Å². The third-order valence-corrected chi connectivity index (χ3v) is 3.44. The lowest BCUT2D eigenvalue weighted by atomic mass is 10.2. The summed E-state index contributed by atoms with van der Waals surface area (Å²) in [6, 6.07) is 3.72. The molecule has 1 saturated heterocycles. The predicted octanol–water partition coefficient (Wildman–Crippen LogP) is 0.541. The molecule has 1 N–H and O–H groups in total. The first-order valence-electron chi connectivity index (χ1n) is 6.81. The number of morpholine rings is 1. The smallest absolute Gasteiger partial charge is 0.256 e. The topological polar surface area (TPSA) is 63.7 Å². The molecule has 0 radical (unpaired) electrons. The molecule has 1 unspecified atom stereocenters. The fourth-order valence-electron chi connectivity index (χ4n) is 2.21. The van der Waals surface area contributed by atoms with E-state index >= 15 is 0 Å². The minimum atomic E-state index is -0.157. The summed E-state index contributed by atoms with van der Waals surface area (Å²) in [5.41, 5.74) is 0.462. The highest BCUT2D eigenvalue weighted by atomic mass is 16.5. The summed E-state index contributed by atoms with van der Waals surface area (Å²) in [4.78, 5) is 18.5. The molecule has 2 rings (SSSR count). The van der Waals surface area contributed by atoms with Gasteiger partial charge < -0.3 is 14.8 Å². The van der Waals surface area contributed by atoms with Crippen LogP contribution < -0.4 is 10.1 Å². The molecule has 1 atom stereocenters. The molecule has 1 aromatic heterocycles. The van der Waals surface area contributed by atoms with Gasteiger partial charge in [-0.2, -0.15) is 0 Å². The molecule has 0 bridgehead atoms. The number of hydrogen-bond acceptors (Lipinski definition) is 5. The normalized spacial score (nSPS) is 17.5. The Morgan fingerprint density at radius 3 is 3.00 bits per heavy atom. The van der Waals surface area contributed by atoms with Crippen LogP contribution in [0.4, 0.5) is 0 Å². The summed E-state index contributed by atoms with van der Waals surface area (Å²) < 4.78 is 10.4. The Morgan fingerprint density at radius 1 is 1.55 bits per heavy atom. The number of nitrogens with one attached hydrogen (secondary N) is 1. The van der Waals surface area contributed by atoms with Crippen LogP contribution in [0.15, 0.2) is 18.3 Å². The Balaban J connectivity index is 1.88. The zero-order valence-electron chi connectivity index (χ0n) is 12.0. The molecule has 0 spiro atoms. The lowest BCUT2D eigenvalue weighted by molar-refractivity contribution is 0.0204. The maximum absolute atomic E-state index is 12.1. The van der Waals surface area contributed by atoms with E-state index in [2.05, 4.69) is 22.1 Å². The van der Waals surface area contributed by atoms with Gasteiger partial charge in [0.15, 0.2) is 0 Å². The number of aromatic nitrogens is 1. The van der Waals surface area contributed by atoms with E-state index in [1.165, 1.54) is 7.11 Å². The van der Waals surface area contributed by atoms with Gasteiger partial charge in [0, 0.05) is 31.9 Å². The highest BCUT2D eigenvalue weighted by molar-refractivity contribution is 5.96. The lowest BCUT2D eigenvalue weighted by Gasteiger charge is -2.32. The number of ether oxygens (including phenoxy) is 2. The second-order valence-corrected chi connectivity index (χ2v) is 4.77. The van der Waals surface area contributed by atoms with Crippen molar-refractivity contribution in [1.29, 1.82) is 0 Å². The van der Waals surface area contributed by atoms with Crippen molar-refractivity contribution in [3.05, 3.63) is 23.9 Å². The SMILES string of the molecule is COc1ncccc1C(=O)NCC(C)N1CCOCC1. The average molecular weight is 279 g/mol. The van der Waals surface area contributed by atoms with Crippen LogP contribution in [-0.2, 0) is 4.74 Å². The standard InChI is InChI=1S/C14H21N3O3/c1-11(17-6-8-20-9-7-17)10-16-13(18)12-4-3-5-15-14(12)19-2/h3-5,11H,6-10H2,1-2H3,(H,16,18). The van der Waals surface area contributed by atoms with Crippen LogP contribution in [0.5, 0.6) is 5.88 Å². The second-order valence-electron chi connectivity index (χ2n) is 4.77. The maximum atomic E-state index is 12.1. The Hall–Kier alpha value is -1.66. The van der Waals surface area contributed by atoms with Crippen molar-refractivity contribution in [2.24, 2.45) is 0 Å². The summed E-state index contributed by atoms with van der Waals surface area (Å²) in [5.74, 6) is 0.194. The Labute approximate surface area is 119 Å². The third kappa shape index (κ3) is 3.68. The zero-order valence-corrected chi connectivity index (χ0v) is 12.0.